The van der Waals surface area contributed by atoms with Crippen molar-refractivity contribution in [1.82, 2.24) is 0 Å². The van der Waals surface area contributed by atoms with Gasteiger partial charge in [0.2, 0.25) is 0 Å². The van der Waals surface area contributed by atoms with E-state index < -0.39 is 79.9 Å². The molecule has 2 heterocycles. The summed E-state index contributed by atoms with van der Waals surface area (Å²) in [6.07, 6.45) is -15.7. The fourth-order valence-electron chi connectivity index (χ4n) is 3.07. The Morgan fingerprint density at radius 3 is 2.12 bits per heavy atom. The molecule has 2 saturated heterocycles. The maximum absolute atomic E-state index is 11.7. The van der Waals surface area contributed by atoms with Crippen LogP contribution in [0.4, 0.5) is 0 Å². The van der Waals surface area contributed by atoms with Gasteiger partial charge >= 0.3 is 0 Å². The third-order valence-electron chi connectivity index (χ3n) is 4.70. The van der Waals surface area contributed by atoms with Gasteiger partial charge in [-0.1, -0.05) is 0 Å². The number of Topliss-reactive ketones (excluding diaryl/α,β-unsaturated/α-hetero) is 1. The van der Waals surface area contributed by atoms with Gasteiger partial charge in [0, 0.05) is 0 Å². The number of aliphatic hydroxyl groups is 8. The number of carbonyl (C=O) groups is 1. The minimum Gasteiger partial charge on any atom is -0.394 e. The monoisotopic (exact) mass is 384 g/mol. The average Bonchev–Trinajstić information content (AvgIpc) is 2.61. The topological polar surface area (TPSA) is 207 Å². The Morgan fingerprint density at radius 1 is 1.00 bits per heavy atom. The van der Waals surface area contributed by atoms with Gasteiger partial charge in [-0.3, -0.25) is 4.79 Å². The minimum absolute atomic E-state index is 0.738. The van der Waals surface area contributed by atoms with Gasteiger partial charge in [0.15, 0.2) is 24.0 Å². The van der Waals surface area contributed by atoms with Gasteiger partial charge in [0.1, 0.15) is 42.7 Å². The summed E-state index contributed by atoms with van der Waals surface area (Å²) in [5, 5.41) is 78.4. The second kappa shape index (κ2) is 8.08. The Labute approximate surface area is 147 Å². The molecule has 10 atom stereocenters. The SMILES string of the molecule is CC(=O)[C@]1(O)[C@@H](CO)O[C@H](O[C@H]2[C@H](O)[C@@H](O)[C@H](O)O[C@@H]2CO)[C@H](O)[C@@H]1O. The highest BCUT2D eigenvalue weighted by Gasteiger charge is 2.59. The molecule has 0 aromatic carbocycles. The van der Waals surface area contributed by atoms with E-state index in [0.717, 1.165) is 6.92 Å². The molecule has 0 aliphatic carbocycles. The highest BCUT2D eigenvalue weighted by molar-refractivity contribution is 5.86. The summed E-state index contributed by atoms with van der Waals surface area (Å²) in [5.41, 5.74) is -2.60. The van der Waals surface area contributed by atoms with Crippen molar-refractivity contribution in [2.75, 3.05) is 13.2 Å². The Balaban J connectivity index is 2.22. The third-order valence-corrected chi connectivity index (χ3v) is 4.70. The van der Waals surface area contributed by atoms with Crippen LogP contribution in [0.25, 0.3) is 0 Å². The number of carbonyl (C=O) groups excluding carboxylic acids is 1. The third kappa shape index (κ3) is 3.50. The molecule has 152 valence electrons. The van der Waals surface area contributed by atoms with Crippen molar-refractivity contribution in [2.24, 2.45) is 0 Å². The molecule has 2 aliphatic rings. The quantitative estimate of drug-likeness (QED) is 0.223. The van der Waals surface area contributed by atoms with Gasteiger partial charge in [0.05, 0.1) is 13.2 Å². The number of rotatable bonds is 5. The average molecular weight is 384 g/mol. The van der Waals surface area contributed by atoms with Gasteiger partial charge < -0.3 is 55.1 Å². The first-order chi connectivity index (χ1) is 12.1. The van der Waals surface area contributed by atoms with E-state index in [0.29, 0.717) is 0 Å². The second-order valence-electron chi connectivity index (χ2n) is 6.32. The number of hydrogen-bond donors (Lipinski definition) is 8. The van der Waals surface area contributed by atoms with Crippen molar-refractivity contribution in [3.8, 4) is 0 Å². The molecule has 26 heavy (non-hydrogen) atoms. The van der Waals surface area contributed by atoms with Crippen LogP contribution in [0.2, 0.25) is 0 Å². The first-order valence-electron chi connectivity index (χ1n) is 7.91. The van der Waals surface area contributed by atoms with Crippen molar-refractivity contribution in [3.05, 3.63) is 0 Å². The van der Waals surface area contributed by atoms with Crippen molar-refractivity contribution in [1.29, 1.82) is 0 Å². The molecule has 0 radical (unpaired) electrons. The maximum atomic E-state index is 11.7. The zero-order valence-electron chi connectivity index (χ0n) is 13.8. The summed E-state index contributed by atoms with van der Waals surface area (Å²) in [6, 6.07) is 0. The van der Waals surface area contributed by atoms with Gasteiger partial charge in [0.25, 0.3) is 0 Å². The lowest BCUT2D eigenvalue weighted by Crippen LogP contribution is -2.71. The molecule has 0 amide bonds. The molecule has 0 aromatic rings. The minimum atomic E-state index is -2.60. The van der Waals surface area contributed by atoms with Crippen LogP contribution in [0.1, 0.15) is 6.92 Å². The molecular formula is C14H24O12. The fourth-order valence-corrected chi connectivity index (χ4v) is 3.07. The smallest absolute Gasteiger partial charge is 0.187 e. The number of ether oxygens (including phenoxy) is 3. The first kappa shape index (κ1) is 21.5. The normalized spacial score (nSPS) is 49.8. The fraction of sp³-hybridized carbons (Fsp3) is 0.929. The zero-order valence-corrected chi connectivity index (χ0v) is 13.8. The first-order valence-corrected chi connectivity index (χ1v) is 7.91. The molecule has 0 unspecified atom stereocenters. The molecule has 2 aliphatic heterocycles. The van der Waals surface area contributed by atoms with Gasteiger partial charge in [-0.15, -0.1) is 0 Å². The Bertz CT molecular complexity index is 496. The summed E-state index contributed by atoms with van der Waals surface area (Å²) in [5.74, 6) is -0.964. The molecule has 0 saturated carbocycles. The van der Waals surface area contributed by atoms with Crippen molar-refractivity contribution >= 4 is 5.78 Å². The van der Waals surface area contributed by atoms with Crippen LogP contribution in [-0.2, 0) is 19.0 Å². The van der Waals surface area contributed by atoms with Gasteiger partial charge in [-0.05, 0) is 6.92 Å². The van der Waals surface area contributed by atoms with E-state index in [1.54, 1.807) is 0 Å². The van der Waals surface area contributed by atoms with Crippen LogP contribution in [0, 0.1) is 0 Å². The predicted molar refractivity (Wildman–Crippen MR) is 78.2 cm³/mol. The zero-order chi connectivity index (χ0) is 19.8. The lowest BCUT2D eigenvalue weighted by atomic mass is 9.81. The van der Waals surface area contributed by atoms with Crippen LogP contribution in [0.5, 0.6) is 0 Å². The summed E-state index contributed by atoms with van der Waals surface area (Å²) >= 11 is 0. The number of aliphatic hydroxyl groups excluding tert-OH is 7. The predicted octanol–water partition coefficient (Wildman–Crippen LogP) is -5.44. The molecule has 2 fully saturated rings. The summed E-state index contributed by atoms with van der Waals surface area (Å²) < 4.78 is 15.3. The number of ketones is 1. The van der Waals surface area contributed by atoms with Crippen LogP contribution < -0.4 is 0 Å². The maximum Gasteiger partial charge on any atom is 0.187 e. The van der Waals surface area contributed by atoms with Gasteiger partial charge in [-0.25, -0.2) is 0 Å². The highest BCUT2D eigenvalue weighted by atomic mass is 16.7. The summed E-state index contributed by atoms with van der Waals surface area (Å²) in [6.45, 7) is -0.715. The highest BCUT2D eigenvalue weighted by Crippen LogP contribution is 2.33. The van der Waals surface area contributed by atoms with E-state index in [1.165, 1.54) is 0 Å². The standard InChI is InChI=1S/C14H24O12/c1-4(17)14(23)6(3-16)25-13(9(20)11(14)21)26-10-5(2-15)24-12(22)8(19)7(10)18/h5-13,15-16,18-23H,2-3H2,1H3/t5-,6-,7-,8-,9-,10-,11+,12-,13-,14+/m1/s1. The van der Waals surface area contributed by atoms with Crippen molar-refractivity contribution in [2.45, 2.75) is 67.8 Å². The van der Waals surface area contributed by atoms with E-state index in [4.69, 9.17) is 14.2 Å². The molecule has 12 nitrogen and oxygen atoms in total. The van der Waals surface area contributed by atoms with E-state index in [2.05, 4.69) is 0 Å². The van der Waals surface area contributed by atoms with Crippen LogP contribution in [-0.4, -0.2) is 121 Å². The van der Waals surface area contributed by atoms with Crippen LogP contribution in [0.3, 0.4) is 0 Å². The summed E-state index contributed by atoms with van der Waals surface area (Å²) in [7, 11) is 0. The lowest BCUT2D eigenvalue weighted by Gasteiger charge is -2.48. The molecule has 8 N–H and O–H groups in total. The largest absolute Gasteiger partial charge is 0.394 e. The summed E-state index contributed by atoms with van der Waals surface area (Å²) in [4.78, 5) is 11.7. The van der Waals surface area contributed by atoms with Crippen molar-refractivity contribution in [3.63, 3.8) is 0 Å². The van der Waals surface area contributed by atoms with Gasteiger partial charge in [-0.2, -0.15) is 0 Å². The van der Waals surface area contributed by atoms with Crippen molar-refractivity contribution < 1.29 is 59.9 Å². The lowest BCUT2D eigenvalue weighted by molar-refractivity contribution is -0.364. The molecule has 0 aromatic heterocycles. The Hall–Kier alpha value is -0.770. The Kier molecular flexibility index (Phi) is 6.69. The molecule has 2 rings (SSSR count). The Morgan fingerprint density at radius 2 is 1.62 bits per heavy atom. The molecule has 12 heteroatoms. The molecule has 0 spiro atoms. The van der Waals surface area contributed by atoms with E-state index in [1.807, 2.05) is 0 Å². The van der Waals surface area contributed by atoms with Crippen LogP contribution >= 0.6 is 0 Å². The second-order valence-corrected chi connectivity index (χ2v) is 6.32. The van der Waals surface area contributed by atoms with E-state index in [9.17, 15) is 45.6 Å². The number of hydrogen-bond acceptors (Lipinski definition) is 12. The van der Waals surface area contributed by atoms with Crippen LogP contribution in [0.15, 0.2) is 0 Å². The van der Waals surface area contributed by atoms with E-state index >= 15 is 0 Å². The van der Waals surface area contributed by atoms with E-state index in [-0.39, 0.29) is 0 Å². The molecular weight excluding hydrogens is 360 g/mol. The molecule has 0 bridgehead atoms.